The lowest BCUT2D eigenvalue weighted by Gasteiger charge is -2.48. The predicted octanol–water partition coefficient (Wildman–Crippen LogP) is 5.35. The van der Waals surface area contributed by atoms with Crippen molar-refractivity contribution < 1.29 is 4.79 Å². The van der Waals surface area contributed by atoms with Gasteiger partial charge in [-0.3, -0.25) is 4.79 Å². The molecule has 2 aliphatic heterocycles. The largest absolute Gasteiger partial charge is 0.341 e. The number of nitrogens with zero attached hydrogens (tertiary/aromatic N) is 4. The number of likely N-dealkylation sites (tertiary alicyclic amines) is 1. The Labute approximate surface area is 207 Å². The second-order valence-corrected chi connectivity index (χ2v) is 10.3. The third-order valence-electron chi connectivity index (χ3n) is 8.11. The minimum Gasteiger partial charge on any atom is -0.341 e. The normalized spacial score (nSPS) is 26.0. The number of aromatic nitrogens is 2. The van der Waals surface area contributed by atoms with E-state index in [4.69, 9.17) is 4.98 Å². The summed E-state index contributed by atoms with van der Waals surface area (Å²) in [5.41, 5.74) is 2.82. The van der Waals surface area contributed by atoms with Crippen molar-refractivity contribution in [3.8, 4) is 0 Å². The fourth-order valence-corrected chi connectivity index (χ4v) is 6.41. The third-order valence-corrected chi connectivity index (χ3v) is 8.11. The zero-order valence-electron chi connectivity index (χ0n) is 20.3. The standard InChI is InChI=1S/C30H32N4O/c1-2-30(15-9-8-13-26(30)24-10-4-3-5-11-24)28(35)33-18-22-16-23(19-33)21-34(20-22)29-31-17-25-12-6-7-14-27(25)32-29/h3-14,17,22-23H,2,15-16,18-21H2,1H3. The molecule has 2 saturated heterocycles. The van der Waals surface area contributed by atoms with Gasteiger partial charge in [0.2, 0.25) is 11.9 Å². The van der Waals surface area contributed by atoms with Crippen LogP contribution in [0.5, 0.6) is 0 Å². The van der Waals surface area contributed by atoms with Crippen molar-refractivity contribution in [3.63, 3.8) is 0 Å². The first-order chi connectivity index (χ1) is 17.2. The summed E-state index contributed by atoms with van der Waals surface area (Å²) >= 11 is 0. The minimum absolute atomic E-state index is 0.296. The number of fused-ring (bicyclic) bond motifs is 3. The molecule has 1 amide bonds. The molecule has 5 heteroatoms. The van der Waals surface area contributed by atoms with Gasteiger partial charge in [0, 0.05) is 37.8 Å². The second-order valence-electron chi connectivity index (χ2n) is 10.3. The SMILES string of the molecule is CCC1(C(=O)N2CC3CC(C2)CN(c2ncc4ccccc4n2)C3)CC=CC=C1c1ccccc1. The quantitative estimate of drug-likeness (QED) is 0.522. The van der Waals surface area contributed by atoms with E-state index in [0.717, 1.165) is 67.0 Å². The number of amides is 1. The summed E-state index contributed by atoms with van der Waals surface area (Å²) in [7, 11) is 0. The first-order valence-electron chi connectivity index (χ1n) is 12.8. The summed E-state index contributed by atoms with van der Waals surface area (Å²) in [5, 5.41) is 1.07. The number of carbonyl (C=O) groups is 1. The molecule has 0 radical (unpaired) electrons. The van der Waals surface area contributed by atoms with Gasteiger partial charge in [0.1, 0.15) is 0 Å². The van der Waals surface area contributed by atoms with E-state index in [2.05, 4.69) is 70.3 Å². The summed E-state index contributed by atoms with van der Waals surface area (Å²) < 4.78 is 0. The first-order valence-corrected chi connectivity index (χ1v) is 12.8. The van der Waals surface area contributed by atoms with Crippen molar-refractivity contribution in [3.05, 3.63) is 84.6 Å². The van der Waals surface area contributed by atoms with Crippen LogP contribution in [0.15, 0.2) is 79.0 Å². The van der Waals surface area contributed by atoms with E-state index < -0.39 is 5.41 Å². The van der Waals surface area contributed by atoms with Crippen molar-refractivity contribution in [2.24, 2.45) is 17.3 Å². The van der Waals surface area contributed by atoms with Gasteiger partial charge in [-0.15, -0.1) is 0 Å². The molecule has 2 bridgehead atoms. The van der Waals surface area contributed by atoms with Crippen LogP contribution in [0.1, 0.15) is 31.7 Å². The van der Waals surface area contributed by atoms with Gasteiger partial charge in [-0.1, -0.05) is 73.7 Å². The summed E-state index contributed by atoms with van der Waals surface area (Å²) in [4.78, 5) is 28.3. The van der Waals surface area contributed by atoms with Crippen molar-refractivity contribution in [1.82, 2.24) is 14.9 Å². The summed E-state index contributed by atoms with van der Waals surface area (Å²) in [5.74, 6) is 2.00. The van der Waals surface area contributed by atoms with Gasteiger partial charge in [-0.05, 0) is 48.3 Å². The molecule has 0 spiro atoms. The molecule has 3 atom stereocenters. The maximum Gasteiger partial charge on any atom is 0.233 e. The number of hydrogen-bond donors (Lipinski definition) is 0. The Bertz CT molecular complexity index is 1290. The third kappa shape index (κ3) is 3.93. The average Bonchev–Trinajstić information content (AvgIpc) is 2.92. The Kier molecular flexibility index (Phi) is 5.63. The molecule has 2 fully saturated rings. The molecule has 0 N–H and O–H groups in total. The number of benzene rings is 2. The van der Waals surface area contributed by atoms with Gasteiger partial charge in [0.15, 0.2) is 0 Å². The highest BCUT2D eigenvalue weighted by Crippen LogP contribution is 2.46. The highest BCUT2D eigenvalue weighted by Gasteiger charge is 2.46. The molecular weight excluding hydrogens is 432 g/mol. The molecule has 1 aromatic heterocycles. The van der Waals surface area contributed by atoms with Crippen LogP contribution in [-0.4, -0.2) is 47.0 Å². The number of para-hydroxylation sites is 1. The lowest BCUT2D eigenvalue weighted by molar-refractivity contribution is -0.142. The summed E-state index contributed by atoms with van der Waals surface area (Å²) in [6.45, 7) is 5.59. The zero-order chi connectivity index (χ0) is 23.8. The molecule has 35 heavy (non-hydrogen) atoms. The molecule has 3 unspecified atom stereocenters. The van der Waals surface area contributed by atoms with Gasteiger partial charge < -0.3 is 9.80 Å². The minimum atomic E-state index is -0.483. The molecule has 6 rings (SSSR count). The average molecular weight is 465 g/mol. The highest BCUT2D eigenvalue weighted by atomic mass is 16.2. The number of anilines is 1. The van der Waals surface area contributed by atoms with Crippen LogP contribution in [0, 0.1) is 17.3 Å². The van der Waals surface area contributed by atoms with Crippen LogP contribution in [0.3, 0.4) is 0 Å². The molecule has 2 aromatic carbocycles. The van der Waals surface area contributed by atoms with Crippen LogP contribution >= 0.6 is 0 Å². The van der Waals surface area contributed by atoms with E-state index in [9.17, 15) is 4.79 Å². The Hall–Kier alpha value is -3.47. The maximum absolute atomic E-state index is 14.2. The molecule has 3 aliphatic rings. The van der Waals surface area contributed by atoms with Crippen LogP contribution in [0.2, 0.25) is 0 Å². The van der Waals surface area contributed by atoms with Gasteiger partial charge >= 0.3 is 0 Å². The lowest BCUT2D eigenvalue weighted by Crippen LogP contribution is -2.57. The summed E-state index contributed by atoms with van der Waals surface area (Å²) in [6, 6.07) is 18.6. The number of piperidine rings is 2. The molecule has 1 aliphatic carbocycles. The highest BCUT2D eigenvalue weighted by molar-refractivity contribution is 5.97. The number of rotatable bonds is 4. The van der Waals surface area contributed by atoms with E-state index in [1.807, 2.05) is 30.5 Å². The smallest absolute Gasteiger partial charge is 0.233 e. The molecule has 178 valence electrons. The van der Waals surface area contributed by atoms with Gasteiger partial charge in [-0.2, -0.15) is 0 Å². The Morgan fingerprint density at radius 2 is 1.74 bits per heavy atom. The lowest BCUT2D eigenvalue weighted by atomic mass is 9.68. The number of allylic oxidation sites excluding steroid dienone is 3. The molecular formula is C30H32N4O. The molecule has 0 saturated carbocycles. The molecule has 3 heterocycles. The number of carbonyl (C=O) groups excluding carboxylic acids is 1. The fourth-order valence-electron chi connectivity index (χ4n) is 6.41. The summed E-state index contributed by atoms with van der Waals surface area (Å²) in [6.07, 6.45) is 11.1. The topological polar surface area (TPSA) is 49.3 Å². The van der Waals surface area contributed by atoms with E-state index in [1.165, 1.54) is 6.42 Å². The van der Waals surface area contributed by atoms with Gasteiger partial charge in [0.25, 0.3) is 0 Å². The van der Waals surface area contributed by atoms with Crippen molar-refractivity contribution in [1.29, 1.82) is 0 Å². The van der Waals surface area contributed by atoms with Crippen LogP contribution in [-0.2, 0) is 4.79 Å². The van der Waals surface area contributed by atoms with Crippen molar-refractivity contribution >= 4 is 28.3 Å². The first kappa shape index (κ1) is 22.0. The second kappa shape index (κ2) is 8.95. The molecule has 5 nitrogen and oxygen atoms in total. The van der Waals surface area contributed by atoms with Crippen molar-refractivity contribution in [2.45, 2.75) is 26.2 Å². The predicted molar refractivity (Wildman–Crippen MR) is 141 cm³/mol. The number of hydrogen-bond acceptors (Lipinski definition) is 4. The Morgan fingerprint density at radius 3 is 2.51 bits per heavy atom. The van der Waals surface area contributed by atoms with Crippen molar-refractivity contribution in [2.75, 3.05) is 31.1 Å². The van der Waals surface area contributed by atoms with Crippen LogP contribution < -0.4 is 4.90 Å². The Balaban J connectivity index is 1.23. The maximum atomic E-state index is 14.2. The van der Waals surface area contributed by atoms with E-state index in [1.54, 1.807) is 0 Å². The van der Waals surface area contributed by atoms with Gasteiger partial charge in [0.05, 0.1) is 10.9 Å². The molecule has 3 aromatic rings. The van der Waals surface area contributed by atoms with E-state index in [-0.39, 0.29) is 0 Å². The van der Waals surface area contributed by atoms with Gasteiger partial charge in [-0.25, -0.2) is 9.97 Å². The van der Waals surface area contributed by atoms with Crippen LogP contribution in [0.4, 0.5) is 5.95 Å². The van der Waals surface area contributed by atoms with Crippen LogP contribution in [0.25, 0.3) is 16.5 Å². The Morgan fingerprint density at radius 1 is 1.00 bits per heavy atom. The fraction of sp³-hybridized carbons (Fsp3) is 0.367. The zero-order valence-corrected chi connectivity index (χ0v) is 20.3. The monoisotopic (exact) mass is 464 g/mol. The van der Waals surface area contributed by atoms with E-state index in [0.29, 0.717) is 17.7 Å². The van der Waals surface area contributed by atoms with E-state index >= 15 is 0 Å².